The fraction of sp³-hybridized carbons (Fsp3) is 0.529. The van der Waals surface area contributed by atoms with E-state index < -0.39 is 0 Å². The van der Waals surface area contributed by atoms with Gasteiger partial charge in [-0.05, 0) is 34.1 Å². The lowest BCUT2D eigenvalue weighted by atomic mass is 10.1. The van der Waals surface area contributed by atoms with Crippen LogP contribution in [0.4, 0.5) is 11.8 Å². The lowest BCUT2D eigenvalue weighted by Gasteiger charge is -2.10. The first-order valence-corrected chi connectivity index (χ1v) is 8.51. The fourth-order valence-electron chi connectivity index (χ4n) is 2.47. The highest BCUT2D eigenvalue weighted by atomic mass is 16.5. The van der Waals surface area contributed by atoms with E-state index in [-0.39, 0.29) is 5.91 Å². The Labute approximate surface area is 147 Å². The molecule has 0 aliphatic heterocycles. The van der Waals surface area contributed by atoms with Crippen LogP contribution in [0.2, 0.25) is 0 Å². The predicted octanol–water partition coefficient (Wildman–Crippen LogP) is 1.98. The zero-order chi connectivity index (χ0) is 18.2. The lowest BCUT2D eigenvalue weighted by molar-refractivity contribution is -0.120. The maximum Gasteiger partial charge on any atom is 0.224 e. The average Bonchev–Trinajstić information content (AvgIpc) is 2.88. The van der Waals surface area contributed by atoms with Crippen molar-refractivity contribution < 1.29 is 9.32 Å². The number of hydrogen-bond acceptors (Lipinski definition) is 7. The molecule has 0 unspecified atom stereocenters. The van der Waals surface area contributed by atoms with Gasteiger partial charge < -0.3 is 20.5 Å². The number of aromatic nitrogens is 3. The molecule has 25 heavy (non-hydrogen) atoms. The Bertz CT molecular complexity index is 694. The summed E-state index contributed by atoms with van der Waals surface area (Å²) in [5, 5.41) is 13.1. The first kappa shape index (κ1) is 18.7. The average molecular weight is 346 g/mol. The molecule has 2 aromatic heterocycles. The van der Waals surface area contributed by atoms with E-state index in [4.69, 9.17) is 4.52 Å². The Balaban J connectivity index is 1.71. The summed E-state index contributed by atoms with van der Waals surface area (Å²) in [6.45, 7) is 9.56. The molecular formula is C17H26N6O2. The van der Waals surface area contributed by atoms with Gasteiger partial charge >= 0.3 is 0 Å². The number of nitrogens with zero attached hydrogens (tertiary/aromatic N) is 3. The maximum absolute atomic E-state index is 11.9. The van der Waals surface area contributed by atoms with Crippen LogP contribution in [0.3, 0.4) is 0 Å². The van der Waals surface area contributed by atoms with Crippen LogP contribution < -0.4 is 16.0 Å². The molecule has 0 aliphatic carbocycles. The summed E-state index contributed by atoms with van der Waals surface area (Å²) >= 11 is 0. The Morgan fingerprint density at radius 2 is 1.96 bits per heavy atom. The molecule has 0 aliphatic rings. The first-order chi connectivity index (χ1) is 12.0. The summed E-state index contributed by atoms with van der Waals surface area (Å²) in [4.78, 5) is 20.6. The molecule has 0 radical (unpaired) electrons. The fourth-order valence-corrected chi connectivity index (χ4v) is 2.47. The summed E-state index contributed by atoms with van der Waals surface area (Å²) in [6.07, 6.45) is 1.05. The minimum Gasteiger partial charge on any atom is -0.368 e. The third-order valence-corrected chi connectivity index (χ3v) is 3.73. The third kappa shape index (κ3) is 5.74. The van der Waals surface area contributed by atoms with Crippen LogP contribution in [0.5, 0.6) is 0 Å². The van der Waals surface area contributed by atoms with E-state index in [1.54, 1.807) is 0 Å². The van der Waals surface area contributed by atoms with Crippen molar-refractivity contribution in [1.82, 2.24) is 20.4 Å². The second-order valence-electron chi connectivity index (χ2n) is 5.83. The molecule has 0 atom stereocenters. The van der Waals surface area contributed by atoms with Gasteiger partial charge in [-0.3, -0.25) is 4.79 Å². The van der Waals surface area contributed by atoms with Gasteiger partial charge in [-0.25, -0.2) is 4.98 Å². The molecule has 8 heteroatoms. The molecule has 2 rings (SSSR count). The van der Waals surface area contributed by atoms with Crippen molar-refractivity contribution in [3.05, 3.63) is 28.8 Å². The molecule has 0 spiro atoms. The largest absolute Gasteiger partial charge is 0.368 e. The van der Waals surface area contributed by atoms with Gasteiger partial charge in [0.25, 0.3) is 0 Å². The first-order valence-electron chi connectivity index (χ1n) is 8.51. The number of amides is 1. The van der Waals surface area contributed by atoms with Gasteiger partial charge in [0.1, 0.15) is 11.6 Å². The quantitative estimate of drug-likeness (QED) is 0.596. The summed E-state index contributed by atoms with van der Waals surface area (Å²) in [6, 6.07) is 1.88. The molecule has 136 valence electrons. The third-order valence-electron chi connectivity index (χ3n) is 3.73. The van der Waals surface area contributed by atoms with Crippen LogP contribution >= 0.6 is 0 Å². The minimum absolute atomic E-state index is 0.00834. The second-order valence-corrected chi connectivity index (χ2v) is 5.83. The SMILES string of the molecule is CCNc1nc(C)cc(NCCNC(=O)CCc2c(C)noc2C)n1. The lowest BCUT2D eigenvalue weighted by Crippen LogP contribution is -2.29. The van der Waals surface area contributed by atoms with Crippen LogP contribution in [-0.4, -0.2) is 40.7 Å². The van der Waals surface area contributed by atoms with E-state index in [2.05, 4.69) is 31.1 Å². The molecule has 2 aromatic rings. The number of rotatable bonds is 9. The number of carbonyl (C=O) groups excluding carboxylic acids is 1. The molecule has 0 saturated carbocycles. The van der Waals surface area contributed by atoms with Crippen molar-refractivity contribution in [2.45, 2.75) is 40.5 Å². The number of hydrogen-bond donors (Lipinski definition) is 3. The number of nitrogens with one attached hydrogen (secondary N) is 3. The van der Waals surface area contributed by atoms with Gasteiger partial charge in [0.2, 0.25) is 11.9 Å². The molecule has 8 nitrogen and oxygen atoms in total. The highest BCUT2D eigenvalue weighted by molar-refractivity contribution is 5.76. The van der Waals surface area contributed by atoms with Crippen molar-refractivity contribution in [3.63, 3.8) is 0 Å². The van der Waals surface area contributed by atoms with Crippen molar-refractivity contribution >= 4 is 17.7 Å². The van der Waals surface area contributed by atoms with Crippen LogP contribution in [-0.2, 0) is 11.2 Å². The highest BCUT2D eigenvalue weighted by Gasteiger charge is 2.10. The number of carbonyl (C=O) groups is 1. The summed E-state index contributed by atoms with van der Waals surface area (Å²) < 4.78 is 5.10. The summed E-state index contributed by atoms with van der Waals surface area (Å²) in [5.41, 5.74) is 2.75. The van der Waals surface area contributed by atoms with Gasteiger partial charge in [0.05, 0.1) is 5.69 Å². The standard InChI is InChI=1S/C17H26N6O2/c1-5-18-17-21-11(2)10-15(22-17)19-8-9-20-16(24)7-6-14-12(3)23-25-13(14)4/h10H,5-9H2,1-4H3,(H,20,24)(H2,18,19,21,22). The van der Waals surface area contributed by atoms with Gasteiger partial charge in [-0.2, -0.15) is 4.98 Å². The normalized spacial score (nSPS) is 10.6. The topological polar surface area (TPSA) is 105 Å². The van der Waals surface area contributed by atoms with Gasteiger partial charge in [0, 0.05) is 43.4 Å². The highest BCUT2D eigenvalue weighted by Crippen LogP contribution is 2.14. The smallest absolute Gasteiger partial charge is 0.224 e. The van der Waals surface area contributed by atoms with E-state index in [1.165, 1.54) is 0 Å². The van der Waals surface area contributed by atoms with Crippen LogP contribution in [0.25, 0.3) is 0 Å². The van der Waals surface area contributed by atoms with Gasteiger partial charge in [-0.1, -0.05) is 5.16 Å². The van der Waals surface area contributed by atoms with Crippen molar-refractivity contribution in [3.8, 4) is 0 Å². The molecule has 0 saturated heterocycles. The van der Waals surface area contributed by atoms with Crippen LogP contribution in [0.15, 0.2) is 10.6 Å². The molecule has 0 fully saturated rings. The van der Waals surface area contributed by atoms with Crippen LogP contribution in [0, 0.1) is 20.8 Å². The molecule has 3 N–H and O–H groups in total. The van der Waals surface area contributed by atoms with Crippen LogP contribution in [0.1, 0.15) is 36.1 Å². The Kier molecular flexibility index (Phi) is 6.73. The predicted molar refractivity (Wildman–Crippen MR) is 96.7 cm³/mol. The van der Waals surface area contributed by atoms with Gasteiger partial charge in [-0.15, -0.1) is 0 Å². The second kappa shape index (κ2) is 9.00. The van der Waals surface area contributed by atoms with E-state index >= 15 is 0 Å². The molecule has 0 aromatic carbocycles. The molecule has 2 heterocycles. The maximum atomic E-state index is 11.9. The number of aryl methyl sites for hydroxylation is 3. The molecular weight excluding hydrogens is 320 g/mol. The number of anilines is 2. The minimum atomic E-state index is 0.00834. The van der Waals surface area contributed by atoms with E-state index in [0.717, 1.165) is 35.1 Å². The summed E-state index contributed by atoms with van der Waals surface area (Å²) in [5.74, 6) is 2.14. The Hall–Kier alpha value is -2.64. The van der Waals surface area contributed by atoms with Crippen molar-refractivity contribution in [2.24, 2.45) is 0 Å². The summed E-state index contributed by atoms with van der Waals surface area (Å²) in [7, 11) is 0. The van der Waals surface area contributed by atoms with Gasteiger partial charge in [0.15, 0.2) is 0 Å². The zero-order valence-electron chi connectivity index (χ0n) is 15.3. The van der Waals surface area contributed by atoms with Crippen molar-refractivity contribution in [2.75, 3.05) is 30.3 Å². The van der Waals surface area contributed by atoms with E-state index in [0.29, 0.717) is 31.9 Å². The Morgan fingerprint density at radius 1 is 1.16 bits per heavy atom. The van der Waals surface area contributed by atoms with E-state index in [1.807, 2.05) is 33.8 Å². The van der Waals surface area contributed by atoms with E-state index in [9.17, 15) is 4.79 Å². The monoisotopic (exact) mass is 346 g/mol. The zero-order valence-corrected chi connectivity index (χ0v) is 15.3. The Morgan fingerprint density at radius 3 is 2.64 bits per heavy atom. The molecule has 1 amide bonds. The molecule has 0 bridgehead atoms. The van der Waals surface area contributed by atoms with Crippen molar-refractivity contribution in [1.29, 1.82) is 0 Å².